The van der Waals surface area contributed by atoms with Crippen LogP contribution in [-0.4, -0.2) is 25.6 Å². The third-order valence-corrected chi connectivity index (χ3v) is 3.82. The van der Waals surface area contributed by atoms with Crippen molar-refractivity contribution in [2.75, 3.05) is 13.2 Å². The first-order valence-corrected chi connectivity index (χ1v) is 8.11. The molecular weight excluding hydrogens is 334 g/mol. The Hall–Kier alpha value is -1.09. The van der Waals surface area contributed by atoms with Gasteiger partial charge in [-0.15, -0.1) is 0 Å². The summed E-state index contributed by atoms with van der Waals surface area (Å²) in [6.07, 6.45) is 3.90. The highest BCUT2D eigenvalue weighted by molar-refractivity contribution is 9.10. The average molecular weight is 354 g/mol. The van der Waals surface area contributed by atoms with Gasteiger partial charge < -0.3 is 14.2 Å². The van der Waals surface area contributed by atoms with Gasteiger partial charge in [0.2, 0.25) is 0 Å². The first-order chi connectivity index (χ1) is 10.2. The Morgan fingerprint density at radius 3 is 2.95 bits per heavy atom. The standard InChI is InChI=1S/C16H20BrNO3/c1-2-14(11-20-16-5-3-4-6-19-16)21-15-8-12(10-18)7-13(17)9-15/h7-9,14,16H,2-6,11H2,1H3. The maximum Gasteiger partial charge on any atom is 0.157 e. The van der Waals surface area contributed by atoms with Gasteiger partial charge in [-0.25, -0.2) is 0 Å². The van der Waals surface area contributed by atoms with Gasteiger partial charge in [0.25, 0.3) is 0 Å². The first-order valence-electron chi connectivity index (χ1n) is 7.32. The highest BCUT2D eigenvalue weighted by atomic mass is 79.9. The van der Waals surface area contributed by atoms with Crippen molar-refractivity contribution in [1.29, 1.82) is 5.26 Å². The quantitative estimate of drug-likeness (QED) is 0.774. The van der Waals surface area contributed by atoms with E-state index in [1.165, 1.54) is 0 Å². The largest absolute Gasteiger partial charge is 0.488 e. The second-order valence-electron chi connectivity index (χ2n) is 5.06. The molecule has 1 heterocycles. The molecule has 0 radical (unpaired) electrons. The van der Waals surface area contributed by atoms with Gasteiger partial charge in [-0.3, -0.25) is 0 Å². The van der Waals surface area contributed by atoms with Crippen LogP contribution >= 0.6 is 15.9 Å². The lowest BCUT2D eigenvalue weighted by atomic mass is 10.2. The zero-order valence-corrected chi connectivity index (χ0v) is 13.8. The lowest BCUT2D eigenvalue weighted by Crippen LogP contribution is -2.29. The van der Waals surface area contributed by atoms with Gasteiger partial charge in [-0.05, 0) is 43.9 Å². The summed E-state index contributed by atoms with van der Waals surface area (Å²) in [5, 5.41) is 8.98. The van der Waals surface area contributed by atoms with Crippen LogP contribution in [0.3, 0.4) is 0 Å². The Bertz CT molecular complexity index is 495. The Balaban J connectivity index is 1.89. The van der Waals surface area contributed by atoms with Crippen LogP contribution in [0.15, 0.2) is 22.7 Å². The van der Waals surface area contributed by atoms with Crippen molar-refractivity contribution >= 4 is 15.9 Å². The molecule has 0 aromatic heterocycles. The molecule has 2 atom stereocenters. The molecule has 0 amide bonds. The minimum Gasteiger partial charge on any atom is -0.488 e. The zero-order chi connectivity index (χ0) is 15.1. The third-order valence-electron chi connectivity index (χ3n) is 3.36. The van der Waals surface area contributed by atoms with Crippen molar-refractivity contribution < 1.29 is 14.2 Å². The maximum absolute atomic E-state index is 8.98. The Kier molecular flexibility index (Phi) is 6.50. The van der Waals surface area contributed by atoms with E-state index in [2.05, 4.69) is 28.9 Å². The number of benzene rings is 1. The number of nitrogens with zero attached hydrogens (tertiary/aromatic N) is 1. The van der Waals surface area contributed by atoms with Crippen molar-refractivity contribution in [2.45, 2.75) is 45.0 Å². The number of hydrogen-bond acceptors (Lipinski definition) is 4. The van der Waals surface area contributed by atoms with Crippen molar-refractivity contribution in [3.8, 4) is 11.8 Å². The molecule has 21 heavy (non-hydrogen) atoms. The summed E-state index contributed by atoms with van der Waals surface area (Å²) in [7, 11) is 0. The lowest BCUT2D eigenvalue weighted by molar-refractivity contribution is -0.173. The fourth-order valence-corrected chi connectivity index (χ4v) is 2.65. The predicted molar refractivity (Wildman–Crippen MR) is 83.1 cm³/mol. The van der Waals surface area contributed by atoms with Crippen molar-refractivity contribution in [2.24, 2.45) is 0 Å². The zero-order valence-electron chi connectivity index (χ0n) is 12.2. The van der Waals surface area contributed by atoms with Gasteiger partial charge in [0.1, 0.15) is 11.9 Å². The summed E-state index contributed by atoms with van der Waals surface area (Å²) in [5.41, 5.74) is 0.575. The molecule has 5 heteroatoms. The molecule has 1 fully saturated rings. The molecule has 0 aliphatic carbocycles. The molecule has 0 N–H and O–H groups in total. The molecule has 1 aliphatic rings. The van der Waals surface area contributed by atoms with Gasteiger partial charge in [-0.2, -0.15) is 5.26 Å². The van der Waals surface area contributed by atoms with Crippen LogP contribution < -0.4 is 4.74 Å². The van der Waals surface area contributed by atoms with E-state index in [0.29, 0.717) is 17.9 Å². The van der Waals surface area contributed by atoms with Crippen molar-refractivity contribution in [3.63, 3.8) is 0 Å². The molecular formula is C16H20BrNO3. The molecule has 1 aliphatic heterocycles. The summed E-state index contributed by atoms with van der Waals surface area (Å²) in [4.78, 5) is 0. The normalized spacial score (nSPS) is 19.8. The molecule has 2 rings (SSSR count). The number of nitriles is 1. The summed E-state index contributed by atoms with van der Waals surface area (Å²) in [6, 6.07) is 7.49. The van der Waals surface area contributed by atoms with Crippen LogP contribution in [0.5, 0.6) is 5.75 Å². The molecule has 0 saturated carbocycles. The van der Waals surface area contributed by atoms with Crippen LogP contribution in [-0.2, 0) is 9.47 Å². The summed E-state index contributed by atoms with van der Waals surface area (Å²) < 4.78 is 18.1. The Morgan fingerprint density at radius 1 is 1.43 bits per heavy atom. The van der Waals surface area contributed by atoms with Crippen LogP contribution in [0, 0.1) is 11.3 Å². The predicted octanol–water partition coefficient (Wildman–Crippen LogP) is 4.02. The van der Waals surface area contributed by atoms with Crippen LogP contribution in [0.2, 0.25) is 0 Å². The van der Waals surface area contributed by atoms with Crippen LogP contribution in [0.25, 0.3) is 0 Å². The van der Waals surface area contributed by atoms with Gasteiger partial charge in [0, 0.05) is 11.1 Å². The minimum absolute atomic E-state index is 0.0450. The summed E-state index contributed by atoms with van der Waals surface area (Å²) >= 11 is 3.38. The van der Waals surface area contributed by atoms with E-state index >= 15 is 0 Å². The van der Waals surface area contributed by atoms with E-state index < -0.39 is 0 Å². The molecule has 2 unspecified atom stereocenters. The van der Waals surface area contributed by atoms with E-state index in [9.17, 15) is 0 Å². The molecule has 4 nitrogen and oxygen atoms in total. The monoisotopic (exact) mass is 353 g/mol. The van der Waals surface area contributed by atoms with E-state index in [-0.39, 0.29) is 12.4 Å². The smallest absolute Gasteiger partial charge is 0.157 e. The van der Waals surface area contributed by atoms with Gasteiger partial charge >= 0.3 is 0 Å². The number of hydrogen-bond donors (Lipinski definition) is 0. The van der Waals surface area contributed by atoms with E-state index in [0.717, 1.165) is 36.8 Å². The van der Waals surface area contributed by atoms with Crippen LogP contribution in [0.1, 0.15) is 38.2 Å². The Morgan fingerprint density at radius 2 is 2.29 bits per heavy atom. The average Bonchev–Trinajstić information content (AvgIpc) is 2.51. The SMILES string of the molecule is CCC(COC1CCCCO1)Oc1cc(Br)cc(C#N)c1. The molecule has 1 aromatic carbocycles. The van der Waals surface area contributed by atoms with Crippen molar-refractivity contribution in [1.82, 2.24) is 0 Å². The summed E-state index contributed by atoms with van der Waals surface area (Å²) in [6.45, 7) is 3.33. The number of ether oxygens (including phenoxy) is 3. The topological polar surface area (TPSA) is 51.5 Å². The second-order valence-corrected chi connectivity index (χ2v) is 5.98. The second kappa shape index (κ2) is 8.38. The molecule has 1 saturated heterocycles. The fourth-order valence-electron chi connectivity index (χ4n) is 2.18. The minimum atomic E-state index is -0.103. The van der Waals surface area contributed by atoms with Crippen LogP contribution in [0.4, 0.5) is 0 Å². The van der Waals surface area contributed by atoms with Gasteiger partial charge in [0.05, 0.1) is 18.2 Å². The van der Waals surface area contributed by atoms with Gasteiger partial charge in [0.15, 0.2) is 6.29 Å². The molecule has 114 valence electrons. The van der Waals surface area contributed by atoms with Crippen molar-refractivity contribution in [3.05, 3.63) is 28.2 Å². The molecule has 1 aromatic rings. The lowest BCUT2D eigenvalue weighted by Gasteiger charge is -2.25. The first kappa shape index (κ1) is 16.3. The number of halogens is 1. The van der Waals surface area contributed by atoms with E-state index in [1.807, 2.05) is 6.07 Å². The summed E-state index contributed by atoms with van der Waals surface area (Å²) in [5.74, 6) is 0.681. The van der Waals surface area contributed by atoms with E-state index in [4.69, 9.17) is 19.5 Å². The highest BCUT2D eigenvalue weighted by Crippen LogP contribution is 2.23. The van der Waals surface area contributed by atoms with Gasteiger partial charge in [-0.1, -0.05) is 22.9 Å². The molecule has 0 bridgehead atoms. The number of rotatable bonds is 6. The highest BCUT2D eigenvalue weighted by Gasteiger charge is 2.17. The Labute approximate surface area is 134 Å². The third kappa shape index (κ3) is 5.31. The maximum atomic E-state index is 8.98. The fraction of sp³-hybridized carbons (Fsp3) is 0.562. The van der Waals surface area contributed by atoms with E-state index in [1.54, 1.807) is 12.1 Å². The molecule has 0 spiro atoms.